The zero-order valence-corrected chi connectivity index (χ0v) is 10.1. The van der Waals surface area contributed by atoms with E-state index in [4.69, 9.17) is 0 Å². The second kappa shape index (κ2) is 3.88. The lowest BCUT2D eigenvalue weighted by Crippen LogP contribution is -2.56. The third-order valence-electron chi connectivity index (χ3n) is 4.01. The Hall–Kier alpha value is -0.980. The first kappa shape index (κ1) is 10.5. The molecule has 0 saturated carbocycles. The highest BCUT2D eigenvalue weighted by molar-refractivity contribution is 5.55. The standard InChI is InChI=1S/C14H21N/c1-4-14(5-2)10-15(11-14)13-9-7-6-8-12(13)3/h6-9H,4-5,10-11H2,1-3H3. The summed E-state index contributed by atoms with van der Waals surface area (Å²) in [5, 5.41) is 0. The van der Waals surface area contributed by atoms with Crippen LogP contribution in [-0.2, 0) is 0 Å². The van der Waals surface area contributed by atoms with E-state index in [9.17, 15) is 0 Å². The van der Waals surface area contributed by atoms with Crippen molar-refractivity contribution < 1.29 is 0 Å². The molecule has 1 aliphatic rings. The second-order valence-corrected chi connectivity index (χ2v) is 4.85. The van der Waals surface area contributed by atoms with Crippen molar-refractivity contribution in [3.05, 3.63) is 29.8 Å². The number of hydrogen-bond acceptors (Lipinski definition) is 1. The molecule has 0 amide bonds. The van der Waals surface area contributed by atoms with Gasteiger partial charge < -0.3 is 4.90 Å². The van der Waals surface area contributed by atoms with Crippen LogP contribution in [0.15, 0.2) is 24.3 Å². The van der Waals surface area contributed by atoms with E-state index in [1.54, 1.807) is 0 Å². The van der Waals surface area contributed by atoms with Crippen LogP contribution in [0.3, 0.4) is 0 Å². The molecular weight excluding hydrogens is 182 g/mol. The highest BCUT2D eigenvalue weighted by Crippen LogP contribution is 2.40. The van der Waals surface area contributed by atoms with Gasteiger partial charge in [-0.3, -0.25) is 0 Å². The first-order chi connectivity index (χ1) is 7.21. The van der Waals surface area contributed by atoms with E-state index in [1.807, 2.05) is 0 Å². The predicted octanol–water partition coefficient (Wildman–Crippen LogP) is 3.62. The summed E-state index contributed by atoms with van der Waals surface area (Å²) in [5.74, 6) is 0. The zero-order chi connectivity index (χ0) is 10.9. The van der Waals surface area contributed by atoms with Crippen LogP contribution in [0.25, 0.3) is 0 Å². The number of benzene rings is 1. The number of nitrogens with zero attached hydrogens (tertiary/aromatic N) is 1. The Bertz CT molecular complexity index is 331. The maximum atomic E-state index is 2.52. The monoisotopic (exact) mass is 203 g/mol. The van der Waals surface area contributed by atoms with Gasteiger partial charge in [0.25, 0.3) is 0 Å². The summed E-state index contributed by atoms with van der Waals surface area (Å²) in [4.78, 5) is 2.52. The Morgan fingerprint density at radius 3 is 2.27 bits per heavy atom. The van der Waals surface area contributed by atoms with Crippen LogP contribution in [0.1, 0.15) is 32.3 Å². The van der Waals surface area contributed by atoms with E-state index in [0.717, 1.165) is 0 Å². The zero-order valence-electron chi connectivity index (χ0n) is 10.1. The number of anilines is 1. The van der Waals surface area contributed by atoms with Gasteiger partial charge in [0.2, 0.25) is 0 Å². The molecule has 0 spiro atoms. The van der Waals surface area contributed by atoms with Gasteiger partial charge in [-0.05, 0) is 31.4 Å². The van der Waals surface area contributed by atoms with Gasteiger partial charge in [0.1, 0.15) is 0 Å². The summed E-state index contributed by atoms with van der Waals surface area (Å²) in [7, 11) is 0. The van der Waals surface area contributed by atoms with Crippen LogP contribution in [0.4, 0.5) is 5.69 Å². The largest absolute Gasteiger partial charge is 0.370 e. The molecule has 82 valence electrons. The fourth-order valence-electron chi connectivity index (χ4n) is 2.55. The van der Waals surface area contributed by atoms with Gasteiger partial charge in [0.15, 0.2) is 0 Å². The maximum Gasteiger partial charge on any atom is 0.0396 e. The van der Waals surface area contributed by atoms with Gasteiger partial charge in [-0.15, -0.1) is 0 Å². The van der Waals surface area contributed by atoms with Crippen LogP contribution in [0.2, 0.25) is 0 Å². The van der Waals surface area contributed by atoms with Crippen molar-refractivity contribution in [3.8, 4) is 0 Å². The van der Waals surface area contributed by atoms with Gasteiger partial charge >= 0.3 is 0 Å². The number of rotatable bonds is 3. The number of hydrogen-bond donors (Lipinski definition) is 0. The molecule has 0 unspecified atom stereocenters. The Morgan fingerprint density at radius 2 is 1.73 bits per heavy atom. The molecule has 2 rings (SSSR count). The van der Waals surface area contributed by atoms with Crippen molar-refractivity contribution in [2.75, 3.05) is 18.0 Å². The molecular formula is C14H21N. The van der Waals surface area contributed by atoms with Crippen molar-refractivity contribution >= 4 is 5.69 Å². The second-order valence-electron chi connectivity index (χ2n) is 4.85. The summed E-state index contributed by atoms with van der Waals surface area (Å²) in [6.45, 7) is 9.32. The molecule has 1 nitrogen and oxygen atoms in total. The molecule has 0 N–H and O–H groups in total. The first-order valence-electron chi connectivity index (χ1n) is 6.01. The van der Waals surface area contributed by atoms with Crippen molar-refractivity contribution in [3.63, 3.8) is 0 Å². The molecule has 15 heavy (non-hydrogen) atoms. The SMILES string of the molecule is CCC1(CC)CN(c2ccccc2C)C1. The summed E-state index contributed by atoms with van der Waals surface area (Å²) in [6.07, 6.45) is 2.62. The lowest BCUT2D eigenvalue weighted by molar-refractivity contribution is 0.194. The van der Waals surface area contributed by atoms with Gasteiger partial charge in [-0.2, -0.15) is 0 Å². The highest BCUT2D eigenvalue weighted by Gasteiger charge is 2.39. The Morgan fingerprint density at radius 1 is 1.13 bits per heavy atom. The quantitative estimate of drug-likeness (QED) is 0.725. The molecule has 1 fully saturated rings. The van der Waals surface area contributed by atoms with Gasteiger partial charge in [-0.25, -0.2) is 0 Å². The van der Waals surface area contributed by atoms with Crippen molar-refractivity contribution in [2.45, 2.75) is 33.6 Å². The van der Waals surface area contributed by atoms with Crippen LogP contribution in [-0.4, -0.2) is 13.1 Å². The average molecular weight is 203 g/mol. The molecule has 1 heteroatoms. The van der Waals surface area contributed by atoms with E-state index in [2.05, 4.69) is 49.9 Å². The summed E-state index contributed by atoms with van der Waals surface area (Å²) in [6, 6.07) is 8.70. The summed E-state index contributed by atoms with van der Waals surface area (Å²) >= 11 is 0. The lowest BCUT2D eigenvalue weighted by Gasteiger charge is -2.51. The molecule has 1 aromatic carbocycles. The average Bonchev–Trinajstić information content (AvgIpc) is 2.20. The van der Waals surface area contributed by atoms with Crippen molar-refractivity contribution in [2.24, 2.45) is 5.41 Å². The minimum absolute atomic E-state index is 0.599. The molecule has 0 radical (unpaired) electrons. The Labute approximate surface area is 93.1 Å². The number of para-hydroxylation sites is 1. The van der Waals surface area contributed by atoms with Crippen LogP contribution in [0.5, 0.6) is 0 Å². The lowest BCUT2D eigenvalue weighted by atomic mass is 9.75. The molecule has 0 bridgehead atoms. The fourth-order valence-corrected chi connectivity index (χ4v) is 2.55. The normalized spacial score (nSPS) is 18.7. The first-order valence-corrected chi connectivity index (χ1v) is 6.01. The molecule has 1 aromatic rings. The predicted molar refractivity (Wildman–Crippen MR) is 66.4 cm³/mol. The third-order valence-corrected chi connectivity index (χ3v) is 4.01. The maximum absolute atomic E-state index is 2.52. The van der Waals surface area contributed by atoms with Crippen LogP contribution >= 0.6 is 0 Å². The van der Waals surface area contributed by atoms with Gasteiger partial charge in [-0.1, -0.05) is 32.0 Å². The van der Waals surface area contributed by atoms with Crippen molar-refractivity contribution in [1.82, 2.24) is 0 Å². The van der Waals surface area contributed by atoms with Gasteiger partial charge in [0, 0.05) is 24.2 Å². The molecule has 0 aromatic heterocycles. The molecule has 1 saturated heterocycles. The third kappa shape index (κ3) is 1.75. The van der Waals surface area contributed by atoms with Crippen LogP contribution in [0, 0.1) is 12.3 Å². The van der Waals surface area contributed by atoms with E-state index < -0.39 is 0 Å². The molecule has 0 atom stereocenters. The topological polar surface area (TPSA) is 3.24 Å². The Kier molecular flexibility index (Phi) is 2.72. The molecule has 0 aliphatic carbocycles. The van der Waals surface area contributed by atoms with E-state index in [-0.39, 0.29) is 0 Å². The van der Waals surface area contributed by atoms with E-state index >= 15 is 0 Å². The summed E-state index contributed by atoms with van der Waals surface area (Å²) in [5.41, 5.74) is 3.43. The number of aryl methyl sites for hydroxylation is 1. The van der Waals surface area contributed by atoms with E-state index in [0.29, 0.717) is 5.41 Å². The highest BCUT2D eigenvalue weighted by atomic mass is 15.2. The molecule has 1 heterocycles. The Balaban J connectivity index is 2.09. The van der Waals surface area contributed by atoms with Crippen molar-refractivity contribution in [1.29, 1.82) is 0 Å². The minimum atomic E-state index is 0.599. The smallest absolute Gasteiger partial charge is 0.0396 e. The minimum Gasteiger partial charge on any atom is -0.370 e. The van der Waals surface area contributed by atoms with E-state index in [1.165, 1.54) is 37.2 Å². The van der Waals surface area contributed by atoms with Gasteiger partial charge in [0.05, 0.1) is 0 Å². The fraction of sp³-hybridized carbons (Fsp3) is 0.571. The molecule has 1 aliphatic heterocycles. The summed E-state index contributed by atoms with van der Waals surface area (Å²) < 4.78 is 0. The van der Waals surface area contributed by atoms with Crippen LogP contribution < -0.4 is 4.90 Å².